The smallest absolute Gasteiger partial charge is 0.209 e. The summed E-state index contributed by atoms with van der Waals surface area (Å²) in [5.41, 5.74) is 0.355. The molecule has 160 valence electrons. The van der Waals surface area contributed by atoms with E-state index in [-0.39, 0.29) is 12.6 Å². The van der Waals surface area contributed by atoms with Gasteiger partial charge in [-0.3, -0.25) is 9.67 Å². The van der Waals surface area contributed by atoms with Crippen LogP contribution in [-0.2, 0) is 10.0 Å². The van der Waals surface area contributed by atoms with Crippen LogP contribution in [0.3, 0.4) is 0 Å². The molecule has 0 aliphatic heterocycles. The first-order chi connectivity index (χ1) is 13.6. The largest absolute Gasteiger partial charge is 0.357 e. The summed E-state index contributed by atoms with van der Waals surface area (Å²) in [5.74, 6) is 0.599. The van der Waals surface area contributed by atoms with Crippen molar-refractivity contribution in [2.75, 3.05) is 25.9 Å². The van der Waals surface area contributed by atoms with Gasteiger partial charge in [0.2, 0.25) is 10.0 Å². The summed E-state index contributed by atoms with van der Waals surface area (Å²) in [4.78, 5) is 4.55. The van der Waals surface area contributed by atoms with Crippen LogP contribution < -0.4 is 15.4 Å². The summed E-state index contributed by atoms with van der Waals surface area (Å²) in [5, 5.41) is 11.6. The Balaban J connectivity index is 2.14. The predicted molar refractivity (Wildman–Crippen MR) is 118 cm³/mol. The van der Waals surface area contributed by atoms with Crippen LogP contribution in [-0.4, -0.2) is 55.6 Å². The number of sulfonamides is 1. The zero-order chi connectivity index (χ0) is 21.5. The fourth-order valence-electron chi connectivity index (χ4n) is 2.86. The number of nitrogens with one attached hydrogen (secondary N) is 3. The van der Waals surface area contributed by atoms with Crippen LogP contribution >= 0.6 is 11.6 Å². The Morgan fingerprint density at radius 2 is 1.97 bits per heavy atom. The number of hydrogen-bond acceptors (Lipinski definition) is 4. The molecule has 3 N–H and O–H groups in total. The summed E-state index contributed by atoms with van der Waals surface area (Å²) in [6.07, 6.45) is 4.79. The average molecular weight is 441 g/mol. The SMILES string of the molecule is CCNC(=NCC(C)(C)NS(C)(=O)=O)NCC(c1ccc(Cl)cc1)n1cccn1. The number of aliphatic imine (C=N–C) groups is 1. The monoisotopic (exact) mass is 440 g/mol. The van der Waals surface area contributed by atoms with Gasteiger partial charge in [0.15, 0.2) is 5.96 Å². The molecule has 29 heavy (non-hydrogen) atoms. The molecule has 0 radical (unpaired) electrons. The normalized spacial score (nSPS) is 13.9. The second-order valence-corrected chi connectivity index (χ2v) is 9.57. The lowest BCUT2D eigenvalue weighted by Crippen LogP contribution is -2.47. The Morgan fingerprint density at radius 3 is 2.52 bits per heavy atom. The maximum atomic E-state index is 11.5. The Kier molecular flexibility index (Phi) is 8.06. The minimum Gasteiger partial charge on any atom is -0.357 e. The molecule has 1 aromatic heterocycles. The van der Waals surface area contributed by atoms with Gasteiger partial charge >= 0.3 is 0 Å². The van der Waals surface area contributed by atoms with E-state index in [2.05, 4.69) is 25.4 Å². The van der Waals surface area contributed by atoms with Gasteiger partial charge in [-0.15, -0.1) is 0 Å². The van der Waals surface area contributed by atoms with E-state index in [1.54, 1.807) is 20.0 Å². The maximum absolute atomic E-state index is 11.5. The topological polar surface area (TPSA) is 100 Å². The predicted octanol–water partition coefficient (Wildman–Crippen LogP) is 2.01. The second-order valence-electron chi connectivity index (χ2n) is 7.39. The molecule has 2 rings (SSSR count). The van der Waals surface area contributed by atoms with Gasteiger partial charge in [0.05, 0.1) is 18.8 Å². The number of benzene rings is 1. The van der Waals surface area contributed by atoms with Gasteiger partial charge < -0.3 is 10.6 Å². The van der Waals surface area contributed by atoms with Crippen molar-refractivity contribution in [1.82, 2.24) is 25.1 Å². The van der Waals surface area contributed by atoms with Crippen LogP contribution in [0.1, 0.15) is 32.4 Å². The van der Waals surface area contributed by atoms with E-state index in [9.17, 15) is 8.42 Å². The van der Waals surface area contributed by atoms with Gasteiger partial charge in [0, 0.05) is 36.0 Å². The van der Waals surface area contributed by atoms with Crippen LogP contribution in [0.2, 0.25) is 5.02 Å². The van der Waals surface area contributed by atoms with Gasteiger partial charge in [0.1, 0.15) is 0 Å². The highest BCUT2D eigenvalue weighted by molar-refractivity contribution is 7.88. The van der Waals surface area contributed by atoms with Crippen LogP contribution in [0, 0.1) is 0 Å². The molecule has 1 heterocycles. The molecule has 0 aliphatic carbocycles. The highest BCUT2D eigenvalue weighted by Crippen LogP contribution is 2.19. The third-order valence-corrected chi connectivity index (χ3v) is 5.18. The highest BCUT2D eigenvalue weighted by atomic mass is 35.5. The van der Waals surface area contributed by atoms with Crippen molar-refractivity contribution in [3.63, 3.8) is 0 Å². The first-order valence-corrected chi connectivity index (χ1v) is 11.6. The molecule has 0 amide bonds. The van der Waals surface area contributed by atoms with Crippen LogP contribution in [0.5, 0.6) is 0 Å². The molecule has 0 saturated carbocycles. The third-order valence-electron chi connectivity index (χ3n) is 4.00. The van der Waals surface area contributed by atoms with E-state index in [1.165, 1.54) is 0 Å². The van der Waals surface area contributed by atoms with Crippen molar-refractivity contribution < 1.29 is 8.42 Å². The van der Waals surface area contributed by atoms with Crippen LogP contribution in [0.15, 0.2) is 47.7 Å². The summed E-state index contributed by atoms with van der Waals surface area (Å²) in [6.45, 7) is 7.06. The van der Waals surface area contributed by atoms with Crippen molar-refractivity contribution >= 4 is 27.6 Å². The Hall–Kier alpha value is -2.10. The van der Waals surface area contributed by atoms with E-state index in [4.69, 9.17) is 11.6 Å². The Bertz CT molecular complexity index is 895. The number of guanidine groups is 1. The van der Waals surface area contributed by atoms with Gasteiger partial charge in [-0.2, -0.15) is 5.10 Å². The minimum absolute atomic E-state index is 0.0618. The third kappa shape index (κ3) is 8.04. The molecule has 1 aromatic carbocycles. The van der Waals surface area contributed by atoms with E-state index in [0.717, 1.165) is 11.8 Å². The molecule has 1 atom stereocenters. The Labute approximate surface area is 177 Å². The number of halogens is 1. The highest BCUT2D eigenvalue weighted by Gasteiger charge is 2.22. The van der Waals surface area contributed by atoms with Gasteiger partial charge in [-0.05, 0) is 44.5 Å². The second kappa shape index (κ2) is 10.1. The fourth-order valence-corrected chi connectivity index (χ4v) is 4.05. The van der Waals surface area contributed by atoms with Crippen molar-refractivity contribution in [3.8, 4) is 0 Å². The first kappa shape index (κ1) is 23.2. The van der Waals surface area contributed by atoms with Crippen LogP contribution in [0.25, 0.3) is 0 Å². The molecule has 0 spiro atoms. The van der Waals surface area contributed by atoms with E-state index in [0.29, 0.717) is 24.1 Å². The zero-order valence-electron chi connectivity index (χ0n) is 17.2. The Morgan fingerprint density at radius 1 is 1.28 bits per heavy atom. The summed E-state index contributed by atoms with van der Waals surface area (Å²) in [7, 11) is -3.32. The molecular weight excluding hydrogens is 412 g/mol. The summed E-state index contributed by atoms with van der Waals surface area (Å²) in [6, 6.07) is 9.46. The summed E-state index contributed by atoms with van der Waals surface area (Å²) >= 11 is 6.02. The number of aromatic nitrogens is 2. The number of nitrogens with zero attached hydrogens (tertiary/aromatic N) is 3. The lowest BCUT2D eigenvalue weighted by molar-refractivity contribution is 0.463. The molecule has 2 aromatic rings. The van der Waals surface area contributed by atoms with Gasteiger partial charge in [-0.25, -0.2) is 13.1 Å². The molecule has 8 nitrogen and oxygen atoms in total. The quantitative estimate of drug-likeness (QED) is 0.409. The lowest BCUT2D eigenvalue weighted by atomic mass is 10.1. The van der Waals surface area contributed by atoms with Crippen LogP contribution in [0.4, 0.5) is 0 Å². The minimum atomic E-state index is -3.32. The molecule has 0 aliphatic rings. The number of rotatable bonds is 9. The van der Waals surface area contributed by atoms with Gasteiger partial charge in [0.25, 0.3) is 0 Å². The lowest BCUT2D eigenvalue weighted by Gasteiger charge is -2.24. The van der Waals surface area contributed by atoms with Crippen molar-refractivity contribution in [2.24, 2.45) is 4.99 Å². The zero-order valence-corrected chi connectivity index (χ0v) is 18.8. The average Bonchev–Trinajstić information content (AvgIpc) is 3.13. The summed E-state index contributed by atoms with van der Waals surface area (Å²) < 4.78 is 27.5. The molecule has 0 fully saturated rings. The standard InChI is InChI=1S/C19H29ClN6O2S/c1-5-21-18(23-14-19(2,3)25-29(4,27)28)22-13-17(26-12-6-11-24-26)15-7-9-16(20)10-8-15/h6-12,17,25H,5,13-14H2,1-4H3,(H2,21,22,23). The number of hydrogen-bond donors (Lipinski definition) is 3. The maximum Gasteiger partial charge on any atom is 0.209 e. The van der Waals surface area contributed by atoms with Crippen molar-refractivity contribution in [2.45, 2.75) is 32.4 Å². The molecular formula is C19H29ClN6O2S. The fraction of sp³-hybridized carbons (Fsp3) is 0.474. The molecule has 0 saturated heterocycles. The molecule has 10 heteroatoms. The molecule has 0 bridgehead atoms. The van der Waals surface area contributed by atoms with E-state index < -0.39 is 15.6 Å². The van der Waals surface area contributed by atoms with E-state index >= 15 is 0 Å². The van der Waals surface area contributed by atoms with Gasteiger partial charge in [-0.1, -0.05) is 23.7 Å². The van der Waals surface area contributed by atoms with E-state index in [1.807, 2.05) is 48.1 Å². The first-order valence-electron chi connectivity index (χ1n) is 9.35. The molecule has 1 unspecified atom stereocenters. The van der Waals surface area contributed by atoms with Crippen molar-refractivity contribution in [3.05, 3.63) is 53.3 Å². The van der Waals surface area contributed by atoms with Crippen molar-refractivity contribution in [1.29, 1.82) is 0 Å².